The van der Waals surface area contributed by atoms with Gasteiger partial charge in [0.2, 0.25) is 11.9 Å². The van der Waals surface area contributed by atoms with E-state index in [4.69, 9.17) is 26.8 Å². The molecule has 3 heterocycles. The number of nitrogens with two attached hydrogens (primary N) is 1. The van der Waals surface area contributed by atoms with Crippen molar-refractivity contribution >= 4 is 23.5 Å². The lowest BCUT2D eigenvalue weighted by molar-refractivity contribution is -0.148. The summed E-state index contributed by atoms with van der Waals surface area (Å²) in [5.41, 5.74) is 5.75. The predicted octanol–water partition coefficient (Wildman–Crippen LogP) is 2.65. The smallest absolute Gasteiger partial charge is 0.225 e. The van der Waals surface area contributed by atoms with Gasteiger partial charge in [-0.2, -0.15) is 0 Å². The molecule has 1 atom stereocenters. The van der Waals surface area contributed by atoms with Crippen LogP contribution in [0.5, 0.6) is 5.75 Å². The number of carbonyl (C=O) groups is 1. The lowest BCUT2D eigenvalue weighted by atomic mass is 9.97. The number of anilines is 1. The minimum Gasteiger partial charge on any atom is -0.490 e. The van der Waals surface area contributed by atoms with Crippen molar-refractivity contribution in [2.24, 2.45) is 5.73 Å². The zero-order chi connectivity index (χ0) is 22.4. The predicted molar refractivity (Wildman–Crippen MR) is 123 cm³/mol. The molecule has 8 nitrogen and oxygen atoms in total. The Labute approximate surface area is 193 Å². The summed E-state index contributed by atoms with van der Waals surface area (Å²) in [6, 6.07) is 7.16. The lowest BCUT2D eigenvalue weighted by Crippen LogP contribution is -2.56. The standard InChI is InChI=1S/C23H30ClN5O3/c24-19-5-4-6-20(11-19)31-17-23(12-21(25)30)16-28(9-10-32-23)15-18-13-26-22(27-14-18)29-7-2-1-3-8-29/h4-6,11,13-14H,1-3,7-10,12,15-17H2,(H2,25,30)/t23-/m0/s1. The SMILES string of the molecule is NC(=O)C[C@@]1(COc2cccc(Cl)c2)CN(Cc2cnc(N3CCCCC3)nc2)CCO1. The highest BCUT2D eigenvalue weighted by atomic mass is 35.5. The van der Waals surface area contributed by atoms with Crippen LogP contribution < -0.4 is 15.4 Å². The van der Waals surface area contributed by atoms with Crippen LogP contribution in [0.15, 0.2) is 36.7 Å². The van der Waals surface area contributed by atoms with Gasteiger partial charge in [-0.25, -0.2) is 9.97 Å². The molecule has 2 saturated heterocycles. The maximum Gasteiger partial charge on any atom is 0.225 e. The van der Waals surface area contributed by atoms with E-state index < -0.39 is 11.5 Å². The fourth-order valence-electron chi connectivity index (χ4n) is 4.34. The topological polar surface area (TPSA) is 93.8 Å². The molecule has 2 aliphatic heterocycles. The number of benzene rings is 1. The van der Waals surface area contributed by atoms with Crippen LogP contribution in [-0.2, 0) is 16.1 Å². The first-order valence-electron chi connectivity index (χ1n) is 11.1. The van der Waals surface area contributed by atoms with Crippen LogP contribution >= 0.6 is 11.6 Å². The number of amides is 1. The molecule has 1 aromatic heterocycles. The van der Waals surface area contributed by atoms with Gasteiger partial charge in [0.15, 0.2) is 0 Å². The maximum absolute atomic E-state index is 11.8. The van der Waals surface area contributed by atoms with Crippen LogP contribution in [0, 0.1) is 0 Å². The summed E-state index contributed by atoms with van der Waals surface area (Å²) < 4.78 is 12.0. The summed E-state index contributed by atoms with van der Waals surface area (Å²) in [4.78, 5) is 25.5. The minimum absolute atomic E-state index is 0.0778. The Morgan fingerprint density at radius 2 is 1.97 bits per heavy atom. The zero-order valence-electron chi connectivity index (χ0n) is 18.2. The number of hydrogen-bond acceptors (Lipinski definition) is 7. The van der Waals surface area contributed by atoms with Gasteiger partial charge in [0, 0.05) is 55.7 Å². The third-order valence-corrected chi connectivity index (χ3v) is 6.09. The average Bonchev–Trinajstić information content (AvgIpc) is 2.79. The van der Waals surface area contributed by atoms with Crippen molar-refractivity contribution in [3.63, 3.8) is 0 Å². The molecule has 0 bridgehead atoms. The largest absolute Gasteiger partial charge is 0.490 e. The first-order chi connectivity index (χ1) is 15.5. The van der Waals surface area contributed by atoms with E-state index >= 15 is 0 Å². The van der Waals surface area contributed by atoms with Gasteiger partial charge in [0.1, 0.15) is 18.0 Å². The molecule has 9 heteroatoms. The van der Waals surface area contributed by atoms with E-state index in [1.165, 1.54) is 19.3 Å². The number of primary amides is 1. The summed E-state index contributed by atoms with van der Waals surface area (Å²) in [6.07, 6.45) is 7.53. The number of carbonyl (C=O) groups excluding carboxylic acids is 1. The highest BCUT2D eigenvalue weighted by molar-refractivity contribution is 6.30. The zero-order valence-corrected chi connectivity index (χ0v) is 19.0. The second kappa shape index (κ2) is 10.5. The Balaban J connectivity index is 1.40. The maximum atomic E-state index is 11.8. The van der Waals surface area contributed by atoms with Crippen LogP contribution in [0.3, 0.4) is 0 Å². The van der Waals surface area contributed by atoms with Gasteiger partial charge in [-0.15, -0.1) is 0 Å². The van der Waals surface area contributed by atoms with Crippen molar-refractivity contribution < 1.29 is 14.3 Å². The summed E-state index contributed by atoms with van der Waals surface area (Å²) in [6.45, 7) is 4.66. The van der Waals surface area contributed by atoms with Crippen molar-refractivity contribution in [2.75, 3.05) is 44.3 Å². The number of piperidine rings is 1. The van der Waals surface area contributed by atoms with Gasteiger partial charge >= 0.3 is 0 Å². The van der Waals surface area contributed by atoms with Gasteiger partial charge in [0.25, 0.3) is 0 Å². The van der Waals surface area contributed by atoms with E-state index in [9.17, 15) is 4.79 Å². The van der Waals surface area contributed by atoms with Crippen LogP contribution in [-0.4, -0.2) is 65.8 Å². The van der Waals surface area contributed by atoms with Crippen LogP contribution in [0.2, 0.25) is 5.02 Å². The second-order valence-electron chi connectivity index (χ2n) is 8.57. The lowest BCUT2D eigenvalue weighted by Gasteiger charge is -2.42. The Bertz CT molecular complexity index is 907. The molecule has 0 spiro atoms. The number of rotatable bonds is 8. The number of halogens is 1. The molecule has 1 amide bonds. The first-order valence-corrected chi connectivity index (χ1v) is 11.5. The molecule has 2 aliphatic rings. The molecule has 0 unspecified atom stereocenters. The normalized spacial score (nSPS) is 22.0. The summed E-state index contributed by atoms with van der Waals surface area (Å²) in [5, 5.41) is 0.589. The number of ether oxygens (including phenoxy) is 2. The number of aromatic nitrogens is 2. The van der Waals surface area contributed by atoms with Gasteiger partial charge < -0.3 is 20.1 Å². The molecule has 0 aliphatic carbocycles. The molecular weight excluding hydrogens is 430 g/mol. The fourth-order valence-corrected chi connectivity index (χ4v) is 4.52. The second-order valence-corrected chi connectivity index (χ2v) is 9.01. The molecule has 32 heavy (non-hydrogen) atoms. The van der Waals surface area contributed by atoms with E-state index in [1.54, 1.807) is 12.1 Å². The van der Waals surface area contributed by atoms with E-state index in [1.807, 2.05) is 24.5 Å². The molecule has 0 saturated carbocycles. The van der Waals surface area contributed by atoms with Gasteiger partial charge in [-0.3, -0.25) is 9.69 Å². The minimum atomic E-state index is -0.818. The Hall–Kier alpha value is -2.42. The number of nitrogens with zero attached hydrogens (tertiary/aromatic N) is 4. The van der Waals surface area contributed by atoms with E-state index in [-0.39, 0.29) is 13.0 Å². The first kappa shape index (κ1) is 22.8. The van der Waals surface area contributed by atoms with Gasteiger partial charge in [-0.05, 0) is 37.5 Å². The van der Waals surface area contributed by atoms with E-state index in [0.29, 0.717) is 30.5 Å². The summed E-state index contributed by atoms with van der Waals surface area (Å²) in [7, 11) is 0. The van der Waals surface area contributed by atoms with Crippen molar-refractivity contribution in [1.29, 1.82) is 0 Å². The quantitative estimate of drug-likeness (QED) is 0.648. The molecule has 4 rings (SSSR count). The molecule has 2 N–H and O–H groups in total. The monoisotopic (exact) mass is 459 g/mol. The third-order valence-electron chi connectivity index (χ3n) is 5.86. The van der Waals surface area contributed by atoms with Gasteiger partial charge in [-0.1, -0.05) is 17.7 Å². The van der Waals surface area contributed by atoms with E-state index in [2.05, 4.69) is 19.8 Å². The highest BCUT2D eigenvalue weighted by Crippen LogP contribution is 2.26. The molecule has 0 radical (unpaired) electrons. The summed E-state index contributed by atoms with van der Waals surface area (Å²) >= 11 is 6.05. The molecule has 2 aromatic rings. The number of morpholine rings is 1. The molecule has 172 valence electrons. The van der Waals surface area contributed by atoms with Crippen molar-refractivity contribution in [2.45, 2.75) is 37.8 Å². The average molecular weight is 460 g/mol. The molecule has 1 aromatic carbocycles. The Morgan fingerprint density at radius 1 is 1.19 bits per heavy atom. The number of hydrogen-bond donors (Lipinski definition) is 1. The van der Waals surface area contributed by atoms with Crippen LogP contribution in [0.25, 0.3) is 0 Å². The van der Waals surface area contributed by atoms with Gasteiger partial charge in [0.05, 0.1) is 13.0 Å². The van der Waals surface area contributed by atoms with Crippen LogP contribution in [0.1, 0.15) is 31.2 Å². The summed E-state index contributed by atoms with van der Waals surface area (Å²) in [5.74, 6) is 1.01. The van der Waals surface area contributed by atoms with Crippen molar-refractivity contribution in [3.8, 4) is 5.75 Å². The van der Waals surface area contributed by atoms with E-state index in [0.717, 1.165) is 31.1 Å². The fraction of sp³-hybridized carbons (Fsp3) is 0.522. The van der Waals surface area contributed by atoms with Crippen LogP contribution in [0.4, 0.5) is 5.95 Å². The van der Waals surface area contributed by atoms with Crippen molar-refractivity contribution in [1.82, 2.24) is 14.9 Å². The Kier molecular flexibility index (Phi) is 7.44. The molecular formula is C23H30ClN5O3. The van der Waals surface area contributed by atoms with Crippen molar-refractivity contribution in [3.05, 3.63) is 47.2 Å². The third kappa shape index (κ3) is 6.09. The Morgan fingerprint density at radius 3 is 2.69 bits per heavy atom. The highest BCUT2D eigenvalue weighted by Gasteiger charge is 2.39. The molecule has 2 fully saturated rings.